The summed E-state index contributed by atoms with van der Waals surface area (Å²) in [5.74, 6) is -0.0215. The first-order valence-electron chi connectivity index (χ1n) is 8.76. The van der Waals surface area contributed by atoms with Crippen LogP contribution in [0.1, 0.15) is 23.0 Å². The monoisotopic (exact) mass is 379 g/mol. The molecule has 1 heterocycles. The zero-order valence-electron chi connectivity index (χ0n) is 15.9. The highest BCUT2D eigenvalue weighted by Gasteiger charge is 2.18. The highest BCUT2D eigenvalue weighted by Crippen LogP contribution is 2.15. The molecule has 2 aromatic carbocycles. The van der Waals surface area contributed by atoms with E-state index >= 15 is 0 Å². The molecule has 3 aromatic rings. The molecule has 7 heteroatoms. The third-order valence-corrected chi connectivity index (χ3v) is 4.45. The van der Waals surface area contributed by atoms with Crippen molar-refractivity contribution >= 4 is 17.4 Å². The number of anilines is 1. The molecule has 0 saturated heterocycles. The number of nitrogens with zero attached hydrogens (tertiary/aromatic N) is 2. The van der Waals surface area contributed by atoms with Gasteiger partial charge in [-0.3, -0.25) is 19.1 Å². The average molecular weight is 379 g/mol. The Morgan fingerprint density at radius 3 is 2.29 bits per heavy atom. The van der Waals surface area contributed by atoms with Crippen LogP contribution in [-0.4, -0.2) is 27.7 Å². The van der Waals surface area contributed by atoms with Gasteiger partial charge in [0.05, 0.1) is 11.4 Å². The number of rotatable bonds is 6. The van der Waals surface area contributed by atoms with Gasteiger partial charge in [-0.05, 0) is 50.2 Å². The number of nitrogens with one attached hydrogen (secondary N) is 1. The smallest absolute Gasteiger partial charge is 0.295 e. The molecule has 0 unspecified atom stereocenters. The third kappa shape index (κ3) is 3.88. The first-order valence-corrected chi connectivity index (χ1v) is 8.76. The molecule has 7 nitrogen and oxygen atoms in total. The van der Waals surface area contributed by atoms with E-state index in [0.29, 0.717) is 22.7 Å². The van der Waals surface area contributed by atoms with Crippen molar-refractivity contribution in [3.8, 4) is 11.4 Å². The van der Waals surface area contributed by atoms with E-state index in [1.165, 1.54) is 11.6 Å². The van der Waals surface area contributed by atoms with Gasteiger partial charge in [0.25, 0.3) is 11.5 Å². The Hall–Kier alpha value is -3.61. The van der Waals surface area contributed by atoms with Crippen LogP contribution in [0.3, 0.4) is 0 Å². The van der Waals surface area contributed by atoms with E-state index in [1.807, 2.05) is 30.3 Å². The molecule has 0 aliphatic heterocycles. The van der Waals surface area contributed by atoms with Crippen molar-refractivity contribution in [1.82, 2.24) is 9.36 Å². The fourth-order valence-corrected chi connectivity index (χ4v) is 2.82. The van der Waals surface area contributed by atoms with E-state index in [9.17, 15) is 14.4 Å². The second-order valence-electron chi connectivity index (χ2n) is 6.35. The molecule has 3 rings (SSSR count). The lowest BCUT2D eigenvalue weighted by atomic mass is 10.1. The summed E-state index contributed by atoms with van der Waals surface area (Å²) in [6.07, 6.45) is 0. The minimum atomic E-state index is -0.443. The predicted octanol–water partition coefficient (Wildman–Crippen LogP) is 2.70. The molecule has 144 valence electrons. The van der Waals surface area contributed by atoms with Gasteiger partial charge in [-0.2, -0.15) is 0 Å². The zero-order chi connectivity index (χ0) is 20.3. The fourth-order valence-electron chi connectivity index (χ4n) is 2.82. The van der Waals surface area contributed by atoms with E-state index in [4.69, 9.17) is 4.74 Å². The highest BCUT2D eigenvalue weighted by atomic mass is 16.5. The molecule has 1 N–H and O–H groups in total. The van der Waals surface area contributed by atoms with Gasteiger partial charge in [0.15, 0.2) is 12.4 Å². The molecule has 0 spiro atoms. The molecule has 0 bridgehead atoms. The number of ether oxygens (including phenoxy) is 1. The molecule has 1 amide bonds. The Morgan fingerprint density at radius 2 is 1.68 bits per heavy atom. The summed E-state index contributed by atoms with van der Waals surface area (Å²) in [6, 6.07) is 15.7. The normalized spacial score (nSPS) is 10.5. The van der Waals surface area contributed by atoms with Gasteiger partial charge in [-0.15, -0.1) is 0 Å². The number of ketones is 1. The van der Waals surface area contributed by atoms with Crippen LogP contribution in [0.15, 0.2) is 59.4 Å². The molecule has 28 heavy (non-hydrogen) atoms. The maximum atomic E-state index is 12.8. The largest absolute Gasteiger partial charge is 0.484 e. The van der Waals surface area contributed by atoms with Crippen LogP contribution in [0.4, 0.5) is 5.69 Å². The lowest BCUT2D eigenvalue weighted by molar-refractivity contribution is -0.118. The third-order valence-electron chi connectivity index (χ3n) is 4.45. The van der Waals surface area contributed by atoms with Crippen molar-refractivity contribution in [2.45, 2.75) is 13.8 Å². The van der Waals surface area contributed by atoms with Crippen LogP contribution < -0.4 is 15.6 Å². The predicted molar refractivity (Wildman–Crippen MR) is 106 cm³/mol. The van der Waals surface area contributed by atoms with Crippen molar-refractivity contribution in [3.63, 3.8) is 0 Å². The van der Waals surface area contributed by atoms with E-state index < -0.39 is 5.91 Å². The first kappa shape index (κ1) is 19.2. The minimum absolute atomic E-state index is 0.0430. The summed E-state index contributed by atoms with van der Waals surface area (Å²) in [5.41, 5.74) is 1.81. The number of amides is 1. The van der Waals surface area contributed by atoms with E-state index in [2.05, 4.69) is 5.32 Å². The van der Waals surface area contributed by atoms with E-state index in [0.717, 1.165) is 0 Å². The molecule has 1 aromatic heterocycles. The standard InChI is InChI=1S/C21H21N3O4/c1-14-20(21(27)24(23(14)3)17-7-5-4-6-8-17)22-19(26)13-28-18-11-9-16(10-12-18)15(2)25/h4-12H,13H2,1-3H3,(H,22,26). The van der Waals surface area contributed by atoms with E-state index in [-0.39, 0.29) is 23.6 Å². The zero-order valence-corrected chi connectivity index (χ0v) is 15.9. The van der Waals surface area contributed by atoms with Crippen molar-refractivity contribution in [2.24, 2.45) is 7.05 Å². The van der Waals surface area contributed by atoms with Crippen molar-refractivity contribution in [3.05, 3.63) is 76.2 Å². The highest BCUT2D eigenvalue weighted by molar-refractivity contribution is 5.94. The van der Waals surface area contributed by atoms with Crippen molar-refractivity contribution in [2.75, 3.05) is 11.9 Å². The number of hydrogen-bond acceptors (Lipinski definition) is 4. The second kappa shape index (κ2) is 7.96. The Balaban J connectivity index is 1.72. The fraction of sp³-hybridized carbons (Fsp3) is 0.190. The number of hydrogen-bond donors (Lipinski definition) is 1. The number of Topliss-reactive ketones (excluding diaryl/α,β-unsaturated/α-hetero) is 1. The molecular weight excluding hydrogens is 358 g/mol. The Kier molecular flexibility index (Phi) is 5.44. The van der Waals surface area contributed by atoms with Gasteiger partial charge in [-0.25, -0.2) is 4.68 Å². The van der Waals surface area contributed by atoms with Gasteiger partial charge in [0, 0.05) is 12.6 Å². The quantitative estimate of drug-likeness (QED) is 0.668. The molecular formula is C21H21N3O4. The topological polar surface area (TPSA) is 82.3 Å². The minimum Gasteiger partial charge on any atom is -0.484 e. The molecule has 0 radical (unpaired) electrons. The number of carbonyl (C=O) groups is 2. The summed E-state index contributed by atoms with van der Waals surface area (Å²) < 4.78 is 8.62. The lowest BCUT2D eigenvalue weighted by Gasteiger charge is -2.07. The van der Waals surface area contributed by atoms with Crippen LogP contribution in [0, 0.1) is 6.92 Å². The summed E-state index contributed by atoms with van der Waals surface area (Å²) in [4.78, 5) is 36.3. The lowest BCUT2D eigenvalue weighted by Crippen LogP contribution is -2.25. The number of carbonyl (C=O) groups excluding carboxylic acids is 2. The van der Waals surface area contributed by atoms with E-state index in [1.54, 1.807) is 42.9 Å². The van der Waals surface area contributed by atoms with Crippen LogP contribution in [0.25, 0.3) is 5.69 Å². The SMILES string of the molecule is CC(=O)c1ccc(OCC(=O)Nc2c(C)n(C)n(-c3ccccc3)c2=O)cc1. The maximum Gasteiger partial charge on any atom is 0.295 e. The molecule has 0 aliphatic rings. The van der Waals surface area contributed by atoms with Gasteiger partial charge < -0.3 is 10.1 Å². The molecule has 0 saturated carbocycles. The summed E-state index contributed by atoms with van der Waals surface area (Å²) in [7, 11) is 1.76. The Labute approximate surface area is 162 Å². The van der Waals surface area contributed by atoms with Gasteiger partial charge in [0.1, 0.15) is 11.4 Å². The average Bonchev–Trinajstić information content (AvgIpc) is 2.90. The van der Waals surface area contributed by atoms with Gasteiger partial charge in [-0.1, -0.05) is 18.2 Å². The number of para-hydroxylation sites is 1. The maximum absolute atomic E-state index is 12.8. The molecule has 0 fully saturated rings. The summed E-state index contributed by atoms with van der Waals surface area (Å²) in [5, 5.41) is 2.64. The molecule has 0 aliphatic carbocycles. The second-order valence-corrected chi connectivity index (χ2v) is 6.35. The van der Waals surface area contributed by atoms with Gasteiger partial charge in [0.2, 0.25) is 0 Å². The van der Waals surface area contributed by atoms with Gasteiger partial charge >= 0.3 is 0 Å². The number of benzene rings is 2. The Morgan fingerprint density at radius 1 is 1.04 bits per heavy atom. The van der Waals surface area contributed by atoms with Crippen LogP contribution in [0.2, 0.25) is 0 Å². The first-order chi connectivity index (χ1) is 13.4. The van der Waals surface area contributed by atoms with Crippen LogP contribution in [0.5, 0.6) is 5.75 Å². The summed E-state index contributed by atoms with van der Waals surface area (Å²) >= 11 is 0. The van der Waals surface area contributed by atoms with Crippen molar-refractivity contribution in [1.29, 1.82) is 0 Å². The Bertz CT molecular complexity index is 1060. The molecule has 0 atom stereocenters. The van der Waals surface area contributed by atoms with Crippen LogP contribution in [-0.2, 0) is 11.8 Å². The number of aromatic nitrogens is 2. The van der Waals surface area contributed by atoms with Crippen molar-refractivity contribution < 1.29 is 14.3 Å². The van der Waals surface area contributed by atoms with Crippen LogP contribution >= 0.6 is 0 Å². The summed E-state index contributed by atoms with van der Waals surface area (Å²) in [6.45, 7) is 2.99.